The molecule has 0 aromatic heterocycles. The second-order valence-electron chi connectivity index (χ2n) is 29.2. The normalized spacial score (nSPS) is 13.8. The average molecular weight is 1320 g/mol. The van der Waals surface area contributed by atoms with Crippen molar-refractivity contribution in [1.29, 1.82) is 0 Å². The molecule has 3 aromatic carbocycles. The van der Waals surface area contributed by atoms with Crippen LogP contribution in [-0.4, -0.2) is 97.7 Å². The maximum atomic E-state index is 13.0. The molecule has 2 N–H and O–H groups in total. The maximum Gasteiger partial charge on any atom is 0.334 e. The molecule has 0 aliphatic heterocycles. The highest BCUT2D eigenvalue weighted by Crippen LogP contribution is 2.34. The molecule has 0 atom stereocenters. The van der Waals surface area contributed by atoms with Crippen molar-refractivity contribution in [1.82, 2.24) is 0 Å². The molecule has 0 spiro atoms. The summed E-state index contributed by atoms with van der Waals surface area (Å²) in [5.41, 5.74) is 8.08. The molecule has 0 saturated heterocycles. The molecule has 0 fully saturated rings. The lowest BCUT2D eigenvalue weighted by Gasteiger charge is -2.41. The fourth-order valence-electron chi connectivity index (χ4n) is 13.1. The van der Waals surface area contributed by atoms with Crippen molar-refractivity contribution >= 4 is 53.4 Å². The Morgan fingerprint density at radius 3 is 1.12 bits per heavy atom. The zero-order valence-corrected chi connectivity index (χ0v) is 64.2. The van der Waals surface area contributed by atoms with Gasteiger partial charge in [0.05, 0.1) is 6.61 Å². The first-order valence-electron chi connectivity index (χ1n) is 36.3. The van der Waals surface area contributed by atoms with E-state index in [1.165, 1.54) is 188 Å². The third kappa shape index (κ3) is 37.5. The van der Waals surface area contributed by atoms with Crippen molar-refractivity contribution in [2.75, 3.05) is 34.0 Å². The Morgan fingerprint density at radius 2 is 0.742 bits per heavy atom. The number of aliphatic hydroxyl groups is 2. The number of ether oxygens (including phenoxy) is 1. The Kier molecular flexibility index (Phi) is 42.6. The zero-order chi connectivity index (χ0) is 65.1. The highest BCUT2D eigenvalue weighted by molar-refractivity contribution is 6.88. The van der Waals surface area contributed by atoms with E-state index < -0.39 is 41.8 Å². The maximum absolute atomic E-state index is 13.0. The molecule has 5 rings (SSSR count). The molecule has 0 unspecified atom stereocenters. The predicted octanol–water partition coefficient (Wildman–Crippen LogP) is 21.4. The number of carbonyl (C=O) groups is 2. The van der Waals surface area contributed by atoms with Gasteiger partial charge in [0.15, 0.2) is 28.2 Å². The molecule has 0 amide bonds. The predicted molar refractivity (Wildman–Crippen MR) is 392 cm³/mol. The van der Waals surface area contributed by atoms with Crippen LogP contribution in [0, 0.1) is 0 Å². The minimum absolute atomic E-state index is 0.301. The van der Waals surface area contributed by atoms with Crippen LogP contribution in [0.15, 0.2) is 66.7 Å². The van der Waals surface area contributed by atoms with Crippen LogP contribution < -0.4 is 0 Å². The Morgan fingerprint density at radius 1 is 0.382 bits per heavy atom. The highest BCUT2D eigenvalue weighted by atomic mass is 28.5. The first-order chi connectivity index (χ1) is 42.7. The molecule has 14 heteroatoms. The summed E-state index contributed by atoms with van der Waals surface area (Å²) in [5, 5.41) is 17.9. The first kappa shape index (κ1) is 81.0. The van der Waals surface area contributed by atoms with Crippen LogP contribution in [0.2, 0.25) is 89.1 Å². The van der Waals surface area contributed by atoms with Gasteiger partial charge in [-0.2, -0.15) is 0 Å². The van der Waals surface area contributed by atoms with E-state index >= 15 is 0 Å². The first-order valence-corrected chi connectivity index (χ1v) is 51.3. The van der Waals surface area contributed by atoms with E-state index in [-0.39, 0.29) is 0 Å². The van der Waals surface area contributed by atoms with Gasteiger partial charge in [-0.25, -0.2) is 0 Å². The minimum atomic E-state index is -2.49. The lowest BCUT2D eigenvalue weighted by atomic mass is 9.86. The van der Waals surface area contributed by atoms with Gasteiger partial charge in [-0.1, -0.05) is 247 Å². The molecule has 508 valence electrons. The second kappa shape index (κ2) is 46.8. The van der Waals surface area contributed by atoms with E-state index in [0.717, 1.165) is 106 Å². The molecule has 3 aromatic rings. The molecule has 0 saturated carbocycles. The number of hydrogen-bond acceptors (Lipinski definition) is 9. The Bertz CT molecular complexity index is 2260. The van der Waals surface area contributed by atoms with Crippen molar-refractivity contribution in [2.45, 2.75) is 320 Å². The fraction of sp³-hybridized carbons (Fsp3) is 0.733. The number of aryl methyl sites for hydroxylation is 4. The smallest absolute Gasteiger partial charge is 0.334 e. The quantitative estimate of drug-likeness (QED) is 0.0421. The molecular formula is C75H134O9Si5. The van der Waals surface area contributed by atoms with Crippen LogP contribution in [0.5, 0.6) is 0 Å². The summed E-state index contributed by atoms with van der Waals surface area (Å²) in [6.45, 7) is 23.8. The number of benzene rings is 3. The monoisotopic (exact) mass is 1320 g/mol. The number of fused-ring (bicyclic) bond motifs is 2. The Balaban J connectivity index is 0.000000404. The number of Topliss-reactive ketones (excluding diaryl/α,β-unsaturated/α-hetero) is 2. The average Bonchev–Trinajstić information content (AvgIpc) is 1.52. The second-order valence-corrected chi connectivity index (χ2v) is 50.8. The number of aliphatic hydroxyl groups excluding tert-OH is 2. The molecule has 0 radical (unpaired) electrons. The highest BCUT2D eigenvalue weighted by Gasteiger charge is 2.43. The Hall–Kier alpha value is -2.20. The van der Waals surface area contributed by atoms with Gasteiger partial charge in [-0.15, -0.1) is 0 Å². The zero-order valence-electron chi connectivity index (χ0n) is 59.2. The van der Waals surface area contributed by atoms with Crippen LogP contribution in [0.3, 0.4) is 0 Å². The van der Waals surface area contributed by atoms with Gasteiger partial charge < -0.3 is 32.0 Å². The standard InChI is InChI=1S/C39H74O5Si3.C21H38OSi.C15H22O3Si/c1-45(2,33-22-18-14-10-6-8-12-16-20-31-40)43-47(5,35-30-37-27-24-26-36-28-25-29-38(42)39(36)37)44-46(3,4)34-23-19-15-11-7-9-13-17-21-32-41;1-23(2,3)19-15-10-8-6-4-5-7-9-14-18-22-20-21-16-12-11-13-17-21;1-17-19(3,18-2)11-10-13-7-4-6-12-8-5-9-14(16)15(12)13/h24,26-27,40-41H,6-23,25,28-35H2,1-5H3;11-13,16-17H,4-10,14-15,18-20H2,1-3H3;4,6-7H,5,8-11H2,1-3H3. The van der Waals surface area contributed by atoms with E-state index in [0.29, 0.717) is 37.6 Å². The summed E-state index contributed by atoms with van der Waals surface area (Å²) < 4.78 is 31.4. The Labute approximate surface area is 551 Å². The van der Waals surface area contributed by atoms with Crippen molar-refractivity contribution in [3.63, 3.8) is 0 Å². The van der Waals surface area contributed by atoms with Crippen molar-refractivity contribution in [3.8, 4) is 0 Å². The summed E-state index contributed by atoms with van der Waals surface area (Å²) >= 11 is 0. The molecule has 0 bridgehead atoms. The summed E-state index contributed by atoms with van der Waals surface area (Å²) in [6.07, 6.45) is 42.0. The van der Waals surface area contributed by atoms with Gasteiger partial charge in [-0.3, -0.25) is 9.59 Å². The molecule has 0 heterocycles. The molecule has 89 heavy (non-hydrogen) atoms. The van der Waals surface area contributed by atoms with Crippen LogP contribution in [0.4, 0.5) is 0 Å². The van der Waals surface area contributed by atoms with E-state index in [2.05, 4.69) is 126 Å². The molecule has 2 aliphatic carbocycles. The summed E-state index contributed by atoms with van der Waals surface area (Å²) in [6, 6.07) is 28.9. The van der Waals surface area contributed by atoms with Gasteiger partial charge in [-0.05, 0) is 149 Å². The van der Waals surface area contributed by atoms with Gasteiger partial charge in [0, 0.05) is 66.1 Å². The van der Waals surface area contributed by atoms with E-state index in [4.69, 9.17) is 32.0 Å². The van der Waals surface area contributed by atoms with Gasteiger partial charge >= 0.3 is 17.1 Å². The van der Waals surface area contributed by atoms with Crippen LogP contribution in [0.1, 0.15) is 248 Å². The number of rotatable bonds is 48. The largest absolute Gasteiger partial charge is 0.436 e. The number of ketones is 2. The van der Waals surface area contributed by atoms with Crippen LogP contribution in [-0.2, 0) is 54.1 Å². The molecule has 9 nitrogen and oxygen atoms in total. The minimum Gasteiger partial charge on any atom is -0.436 e. The lowest BCUT2D eigenvalue weighted by molar-refractivity contribution is 0.0963. The van der Waals surface area contributed by atoms with Crippen molar-refractivity contribution < 1.29 is 41.6 Å². The van der Waals surface area contributed by atoms with Gasteiger partial charge in [0.1, 0.15) is 0 Å². The van der Waals surface area contributed by atoms with Crippen LogP contribution >= 0.6 is 0 Å². The third-order valence-electron chi connectivity index (χ3n) is 18.5. The van der Waals surface area contributed by atoms with E-state index in [1.807, 2.05) is 0 Å². The van der Waals surface area contributed by atoms with Crippen molar-refractivity contribution in [3.05, 3.63) is 106 Å². The summed E-state index contributed by atoms with van der Waals surface area (Å²) in [5.74, 6) is 0.627. The fourth-order valence-corrected chi connectivity index (χ4v) is 30.1. The molecular weight excluding hydrogens is 1190 g/mol. The third-order valence-corrected chi connectivity index (χ3v) is 35.4. The summed E-state index contributed by atoms with van der Waals surface area (Å²) in [4.78, 5) is 25.1. The van der Waals surface area contributed by atoms with Crippen LogP contribution in [0.25, 0.3) is 0 Å². The number of hydrogen-bond donors (Lipinski definition) is 2. The van der Waals surface area contributed by atoms with E-state index in [1.54, 1.807) is 14.2 Å². The topological polar surface area (TPSA) is 121 Å². The number of unbranched alkanes of at least 4 members (excludes halogenated alkanes) is 24. The van der Waals surface area contributed by atoms with Gasteiger partial charge in [0.2, 0.25) is 0 Å². The SMILES string of the molecule is CO[Si](C)(CCc1cccc2c1C(=O)CCC2)OC.C[Si](C)(C)CCCCCCCCCCCOCc1ccccc1.C[Si](C)(CCCCCCCCCCCO)O[Si](C)(CCc1cccc2c1C(=O)CCC2)O[Si](C)(C)CCCCCCCCCCCO. The summed E-state index contributed by atoms with van der Waals surface area (Å²) in [7, 11) is -5.76. The lowest BCUT2D eigenvalue weighted by Crippen LogP contribution is -2.54. The molecule has 2 aliphatic rings. The van der Waals surface area contributed by atoms with Crippen molar-refractivity contribution in [2.24, 2.45) is 0 Å². The van der Waals surface area contributed by atoms with Gasteiger partial charge in [0.25, 0.3) is 0 Å². The van der Waals surface area contributed by atoms with E-state index in [9.17, 15) is 9.59 Å². The number of carbonyl (C=O) groups excluding carboxylic acids is 2.